The van der Waals surface area contributed by atoms with Gasteiger partial charge in [-0.15, -0.1) is 11.3 Å². The van der Waals surface area contributed by atoms with Crippen LogP contribution in [0.3, 0.4) is 0 Å². The average molecular weight is 429 g/mol. The molecule has 2 aliphatic carbocycles. The van der Waals surface area contributed by atoms with Crippen molar-refractivity contribution in [2.75, 3.05) is 14.1 Å². The molecule has 0 unspecified atom stereocenters. The van der Waals surface area contributed by atoms with Crippen molar-refractivity contribution in [3.05, 3.63) is 35.1 Å². The number of aromatic nitrogens is 3. The summed E-state index contributed by atoms with van der Waals surface area (Å²) >= 11 is 1.74. The third-order valence-electron chi connectivity index (χ3n) is 6.59. The first-order chi connectivity index (χ1) is 14.6. The van der Waals surface area contributed by atoms with Gasteiger partial charge in [-0.05, 0) is 70.5 Å². The van der Waals surface area contributed by atoms with E-state index < -0.39 is 6.10 Å². The van der Waals surface area contributed by atoms with E-state index in [-0.39, 0.29) is 12.0 Å². The second kappa shape index (κ2) is 8.24. The van der Waals surface area contributed by atoms with Crippen LogP contribution >= 0.6 is 11.3 Å². The molecule has 8 heteroatoms. The summed E-state index contributed by atoms with van der Waals surface area (Å²) in [4.78, 5) is 17.8. The molecule has 3 aromatic rings. The molecule has 7 nitrogen and oxygen atoms in total. The third kappa shape index (κ3) is 3.72. The molecule has 3 heterocycles. The molecular weight excluding hydrogens is 400 g/mol. The number of fused-ring (bicyclic) bond motifs is 3. The number of oxazole rings is 1. The number of nitrogens with zero attached hydrogens (tertiary/aromatic N) is 4. The predicted octanol–water partition coefficient (Wildman–Crippen LogP) is 4.08. The maximum Gasteiger partial charge on any atom is 0.225 e. The van der Waals surface area contributed by atoms with Crippen LogP contribution in [-0.4, -0.2) is 51.2 Å². The highest BCUT2D eigenvalue weighted by atomic mass is 32.1. The molecule has 1 fully saturated rings. The lowest BCUT2D eigenvalue weighted by Gasteiger charge is -2.32. The fourth-order valence-electron chi connectivity index (χ4n) is 4.97. The minimum absolute atomic E-state index is 0.201. The largest absolute Gasteiger partial charge is 0.474 e. The van der Waals surface area contributed by atoms with Crippen LogP contribution in [0.15, 0.2) is 23.2 Å². The summed E-state index contributed by atoms with van der Waals surface area (Å²) in [6.07, 6.45) is 11.2. The SMILES string of the molecule is CN(C)C1CCC(Oc2ncnc3sc4c(c23)[C@@H](C[C@@H](O)c2ncco2)CC4)CC1. The summed E-state index contributed by atoms with van der Waals surface area (Å²) in [7, 11) is 4.31. The highest BCUT2D eigenvalue weighted by Crippen LogP contribution is 2.48. The highest BCUT2D eigenvalue weighted by Gasteiger charge is 2.33. The number of rotatable bonds is 6. The molecule has 0 bridgehead atoms. The van der Waals surface area contributed by atoms with E-state index in [9.17, 15) is 5.11 Å². The van der Waals surface area contributed by atoms with Crippen molar-refractivity contribution >= 4 is 21.6 Å². The molecule has 30 heavy (non-hydrogen) atoms. The van der Waals surface area contributed by atoms with Crippen molar-refractivity contribution in [1.82, 2.24) is 19.9 Å². The van der Waals surface area contributed by atoms with Gasteiger partial charge in [0, 0.05) is 10.9 Å². The molecule has 0 aromatic carbocycles. The van der Waals surface area contributed by atoms with Crippen LogP contribution in [0.4, 0.5) is 0 Å². The summed E-state index contributed by atoms with van der Waals surface area (Å²) in [6, 6.07) is 0.641. The van der Waals surface area contributed by atoms with E-state index in [0.717, 1.165) is 48.7 Å². The van der Waals surface area contributed by atoms with Crippen LogP contribution in [-0.2, 0) is 6.42 Å². The number of hydrogen-bond acceptors (Lipinski definition) is 8. The van der Waals surface area contributed by atoms with Crippen LogP contribution in [0.1, 0.15) is 66.9 Å². The van der Waals surface area contributed by atoms with Crippen LogP contribution in [0.5, 0.6) is 5.88 Å². The Labute approximate surface area is 180 Å². The van der Waals surface area contributed by atoms with Crippen molar-refractivity contribution < 1.29 is 14.3 Å². The van der Waals surface area contributed by atoms with Gasteiger partial charge in [-0.3, -0.25) is 0 Å². The number of aryl methyl sites for hydroxylation is 1. The van der Waals surface area contributed by atoms with E-state index in [1.54, 1.807) is 23.9 Å². The van der Waals surface area contributed by atoms with Crippen molar-refractivity contribution in [2.45, 2.75) is 69.1 Å². The number of aliphatic hydroxyl groups excluding tert-OH is 1. The van der Waals surface area contributed by atoms with Crippen LogP contribution in [0.2, 0.25) is 0 Å². The molecule has 160 valence electrons. The van der Waals surface area contributed by atoms with Crippen molar-refractivity contribution in [3.63, 3.8) is 0 Å². The second-order valence-corrected chi connectivity index (χ2v) is 9.75. The Balaban J connectivity index is 1.39. The van der Waals surface area contributed by atoms with Gasteiger partial charge >= 0.3 is 0 Å². The average Bonchev–Trinajstić information content (AvgIpc) is 3.46. The summed E-state index contributed by atoms with van der Waals surface area (Å²) in [5.41, 5.74) is 1.26. The van der Waals surface area contributed by atoms with Crippen LogP contribution in [0, 0.1) is 0 Å². The van der Waals surface area contributed by atoms with Gasteiger partial charge in [-0.1, -0.05) is 0 Å². The Morgan fingerprint density at radius 2 is 2.03 bits per heavy atom. The van der Waals surface area contributed by atoms with Gasteiger partial charge in [0.1, 0.15) is 29.6 Å². The zero-order valence-corrected chi connectivity index (χ0v) is 18.3. The van der Waals surface area contributed by atoms with Gasteiger partial charge in [0.25, 0.3) is 0 Å². The molecule has 5 rings (SSSR count). The van der Waals surface area contributed by atoms with E-state index in [1.165, 1.54) is 16.7 Å². The summed E-state index contributed by atoms with van der Waals surface area (Å²) in [5.74, 6) is 1.32. The number of ether oxygens (including phenoxy) is 1. The maximum atomic E-state index is 10.6. The minimum atomic E-state index is -0.707. The molecule has 0 amide bonds. The fraction of sp³-hybridized carbons (Fsp3) is 0.591. The lowest BCUT2D eigenvalue weighted by Crippen LogP contribution is -2.35. The fourth-order valence-corrected chi connectivity index (χ4v) is 6.20. The van der Waals surface area contributed by atoms with Crippen molar-refractivity contribution in [2.24, 2.45) is 0 Å². The molecule has 0 aliphatic heterocycles. The number of hydrogen-bond donors (Lipinski definition) is 1. The van der Waals surface area contributed by atoms with Gasteiger partial charge in [0.2, 0.25) is 11.8 Å². The van der Waals surface area contributed by atoms with Gasteiger partial charge in [0.15, 0.2) is 0 Å². The zero-order valence-electron chi connectivity index (χ0n) is 17.5. The third-order valence-corrected chi connectivity index (χ3v) is 7.77. The molecule has 1 N–H and O–H groups in total. The molecule has 0 saturated heterocycles. The Kier molecular flexibility index (Phi) is 5.47. The predicted molar refractivity (Wildman–Crippen MR) is 115 cm³/mol. The summed E-state index contributed by atoms with van der Waals surface area (Å²) in [5, 5.41) is 11.6. The van der Waals surface area contributed by atoms with Crippen molar-refractivity contribution in [1.29, 1.82) is 0 Å². The minimum Gasteiger partial charge on any atom is -0.474 e. The zero-order chi connectivity index (χ0) is 20.7. The Hall–Kier alpha value is -2.03. The molecule has 3 aromatic heterocycles. The summed E-state index contributed by atoms with van der Waals surface area (Å²) < 4.78 is 11.8. The molecule has 1 saturated carbocycles. The van der Waals surface area contributed by atoms with E-state index >= 15 is 0 Å². The van der Waals surface area contributed by atoms with Gasteiger partial charge in [-0.2, -0.15) is 0 Å². The molecule has 2 atom stereocenters. The Bertz CT molecular complexity index is 995. The Morgan fingerprint density at radius 3 is 2.77 bits per heavy atom. The second-order valence-electron chi connectivity index (χ2n) is 8.67. The number of thiophene rings is 1. The van der Waals surface area contributed by atoms with E-state index in [2.05, 4.69) is 33.9 Å². The molecular formula is C22H28N4O3S. The normalized spacial score (nSPS) is 25.0. The highest BCUT2D eigenvalue weighted by molar-refractivity contribution is 7.19. The van der Waals surface area contributed by atoms with Gasteiger partial charge in [-0.25, -0.2) is 15.0 Å². The maximum absolute atomic E-state index is 10.6. The van der Waals surface area contributed by atoms with Crippen LogP contribution < -0.4 is 4.74 Å². The van der Waals surface area contributed by atoms with Crippen LogP contribution in [0.25, 0.3) is 10.2 Å². The van der Waals surface area contributed by atoms with Crippen molar-refractivity contribution in [3.8, 4) is 5.88 Å². The van der Waals surface area contributed by atoms with Gasteiger partial charge in [0.05, 0.1) is 11.6 Å². The van der Waals surface area contributed by atoms with E-state index in [1.807, 2.05) is 0 Å². The smallest absolute Gasteiger partial charge is 0.225 e. The standard InChI is InChI=1S/C22H28N4O3S/c1-26(2)14-4-6-15(7-5-14)29-21-19-18-13(11-16(27)20-23-9-10-28-20)3-8-17(18)30-22(19)25-12-24-21/h9-10,12-16,27H,3-8,11H2,1-2H3/t13-,14?,15?,16-/m1/s1. The first kappa shape index (κ1) is 19.9. The molecule has 0 spiro atoms. The monoisotopic (exact) mass is 428 g/mol. The number of aliphatic hydroxyl groups is 1. The molecule has 0 radical (unpaired) electrons. The summed E-state index contributed by atoms with van der Waals surface area (Å²) in [6.45, 7) is 0. The Morgan fingerprint density at radius 1 is 1.20 bits per heavy atom. The first-order valence-corrected chi connectivity index (χ1v) is 11.6. The topological polar surface area (TPSA) is 84.5 Å². The lowest BCUT2D eigenvalue weighted by molar-refractivity contribution is 0.108. The lowest BCUT2D eigenvalue weighted by atomic mass is 9.92. The first-order valence-electron chi connectivity index (χ1n) is 10.8. The molecule has 2 aliphatic rings. The van der Waals surface area contributed by atoms with Gasteiger partial charge < -0.3 is 19.2 Å². The quantitative estimate of drug-likeness (QED) is 0.633. The van der Waals surface area contributed by atoms with E-state index in [0.29, 0.717) is 24.2 Å². The van der Waals surface area contributed by atoms with E-state index in [4.69, 9.17) is 9.15 Å².